The number of rotatable bonds is 6. The van der Waals surface area contributed by atoms with E-state index in [2.05, 4.69) is 10.3 Å². The first kappa shape index (κ1) is 27.8. The molecule has 2 aliphatic heterocycles. The van der Waals surface area contributed by atoms with Crippen LogP contribution < -0.4 is 5.32 Å². The highest BCUT2D eigenvalue weighted by molar-refractivity contribution is 7.89. The summed E-state index contributed by atoms with van der Waals surface area (Å²) >= 11 is 0. The molecular formula is C26H29F3N4O4S. The zero-order valence-corrected chi connectivity index (χ0v) is 22.1. The van der Waals surface area contributed by atoms with E-state index in [9.17, 15) is 31.2 Å². The zero-order valence-electron chi connectivity index (χ0n) is 21.3. The van der Waals surface area contributed by atoms with Gasteiger partial charge in [-0.05, 0) is 61.6 Å². The van der Waals surface area contributed by atoms with Gasteiger partial charge in [-0.1, -0.05) is 18.2 Å². The number of nitrogens with zero attached hydrogens (tertiary/aromatic N) is 3. The summed E-state index contributed by atoms with van der Waals surface area (Å²) in [6.45, 7) is 1.98. The molecule has 2 heterocycles. The van der Waals surface area contributed by atoms with Gasteiger partial charge in [0.05, 0.1) is 11.3 Å². The number of amides is 2. The number of alkyl halides is 3. The Hall–Kier alpha value is -3.25. The van der Waals surface area contributed by atoms with Crippen LogP contribution in [0.1, 0.15) is 45.5 Å². The molecule has 2 aromatic rings. The van der Waals surface area contributed by atoms with Crippen molar-refractivity contribution in [2.24, 2.45) is 4.99 Å². The topological polar surface area (TPSA) is 99.2 Å². The Bertz CT molecular complexity index is 1400. The van der Waals surface area contributed by atoms with Gasteiger partial charge in [-0.2, -0.15) is 13.2 Å². The Kier molecular flexibility index (Phi) is 7.41. The van der Waals surface area contributed by atoms with Crippen molar-refractivity contribution in [1.29, 1.82) is 0 Å². The maximum Gasteiger partial charge on any atom is 0.416 e. The lowest BCUT2D eigenvalue weighted by molar-refractivity contribution is -0.137. The summed E-state index contributed by atoms with van der Waals surface area (Å²) in [6, 6.07) is 9.76. The number of benzene rings is 2. The molecule has 0 aromatic heterocycles. The molecule has 38 heavy (non-hydrogen) atoms. The molecule has 12 heteroatoms. The summed E-state index contributed by atoms with van der Waals surface area (Å²) in [7, 11) is -0.316. The van der Waals surface area contributed by atoms with Crippen molar-refractivity contribution in [3.63, 3.8) is 0 Å². The second kappa shape index (κ2) is 10.1. The van der Waals surface area contributed by atoms with Crippen LogP contribution >= 0.6 is 0 Å². The standard InChI is InChI=1S/C26H29F3N4O4S/c1-17-15-20(23(34)32(2)3)8-7-18(17)9-14-38(36,37)33-12-10-25(11-13-33)24(35)30-22(31-25)19-5-4-6-21(16-19)26(27,28)29/h4-8,15-16H,9-14H2,1-3H3,(H,30,31,35). The third-order valence-corrected chi connectivity index (χ3v) is 8.88. The minimum absolute atomic E-state index is 0.0593. The summed E-state index contributed by atoms with van der Waals surface area (Å²) < 4.78 is 66.8. The molecule has 1 fully saturated rings. The van der Waals surface area contributed by atoms with Gasteiger partial charge in [-0.3, -0.25) is 14.6 Å². The van der Waals surface area contributed by atoms with Crippen LogP contribution in [0.15, 0.2) is 47.5 Å². The van der Waals surface area contributed by atoms with E-state index in [1.807, 2.05) is 6.92 Å². The Morgan fingerprint density at radius 1 is 1.13 bits per heavy atom. The third kappa shape index (κ3) is 5.60. The quantitative estimate of drug-likeness (QED) is 0.598. The van der Waals surface area contributed by atoms with Crippen molar-refractivity contribution >= 4 is 27.7 Å². The Morgan fingerprint density at radius 2 is 1.82 bits per heavy atom. The summed E-state index contributed by atoms with van der Waals surface area (Å²) in [6.07, 6.45) is -4.01. The summed E-state index contributed by atoms with van der Waals surface area (Å²) in [5.74, 6) is -0.648. The molecule has 0 atom stereocenters. The fraction of sp³-hybridized carbons (Fsp3) is 0.423. The highest BCUT2D eigenvalue weighted by Gasteiger charge is 2.47. The lowest BCUT2D eigenvalue weighted by Gasteiger charge is -2.34. The van der Waals surface area contributed by atoms with Crippen LogP contribution in [0.2, 0.25) is 0 Å². The number of aryl methyl sites for hydroxylation is 2. The van der Waals surface area contributed by atoms with Crippen molar-refractivity contribution in [1.82, 2.24) is 14.5 Å². The smallest absolute Gasteiger partial charge is 0.345 e. The molecule has 0 unspecified atom stereocenters. The van der Waals surface area contributed by atoms with Crippen LogP contribution in [0.4, 0.5) is 13.2 Å². The van der Waals surface area contributed by atoms with Gasteiger partial charge in [0.15, 0.2) is 0 Å². The van der Waals surface area contributed by atoms with Crippen molar-refractivity contribution in [2.75, 3.05) is 32.9 Å². The van der Waals surface area contributed by atoms with Crippen LogP contribution in [-0.4, -0.2) is 73.7 Å². The first-order chi connectivity index (χ1) is 17.7. The first-order valence-corrected chi connectivity index (χ1v) is 13.7. The summed E-state index contributed by atoms with van der Waals surface area (Å²) in [4.78, 5) is 30.9. The van der Waals surface area contributed by atoms with E-state index in [1.165, 1.54) is 21.3 Å². The SMILES string of the molecule is Cc1cc(C(=O)N(C)C)ccc1CCS(=O)(=O)N1CCC2(CC1)N=C(c1cccc(C(F)(F)F)c1)NC2=O. The molecule has 1 N–H and O–H groups in total. The van der Waals surface area contributed by atoms with E-state index in [0.29, 0.717) is 5.56 Å². The van der Waals surface area contributed by atoms with Crippen molar-refractivity contribution in [3.05, 3.63) is 70.3 Å². The molecule has 4 rings (SSSR count). The lowest BCUT2D eigenvalue weighted by Crippen LogP contribution is -2.50. The maximum absolute atomic E-state index is 13.1. The van der Waals surface area contributed by atoms with E-state index < -0.39 is 33.2 Å². The molecule has 0 radical (unpaired) electrons. The Balaban J connectivity index is 1.42. The summed E-state index contributed by atoms with van der Waals surface area (Å²) in [5.41, 5.74) is 0.269. The molecule has 0 saturated carbocycles. The minimum Gasteiger partial charge on any atom is -0.345 e. The van der Waals surface area contributed by atoms with Gasteiger partial charge >= 0.3 is 6.18 Å². The molecule has 204 valence electrons. The number of carbonyl (C=O) groups excluding carboxylic acids is 2. The predicted molar refractivity (Wildman–Crippen MR) is 136 cm³/mol. The second-order valence-corrected chi connectivity index (χ2v) is 11.9. The highest BCUT2D eigenvalue weighted by Crippen LogP contribution is 2.34. The van der Waals surface area contributed by atoms with Gasteiger partial charge in [0.2, 0.25) is 10.0 Å². The molecule has 0 aliphatic carbocycles. The molecule has 2 amide bonds. The van der Waals surface area contributed by atoms with Gasteiger partial charge in [-0.25, -0.2) is 12.7 Å². The molecule has 1 saturated heterocycles. The van der Waals surface area contributed by atoms with E-state index in [0.717, 1.165) is 23.3 Å². The number of amidine groups is 1. The first-order valence-electron chi connectivity index (χ1n) is 12.1. The van der Waals surface area contributed by atoms with E-state index in [1.54, 1.807) is 32.3 Å². The Labute approximate surface area is 219 Å². The number of hydrogen-bond donors (Lipinski definition) is 1. The second-order valence-electron chi connectivity index (χ2n) is 9.83. The minimum atomic E-state index is -4.53. The van der Waals surface area contributed by atoms with Crippen LogP contribution in [0.3, 0.4) is 0 Å². The van der Waals surface area contributed by atoms with E-state index in [-0.39, 0.29) is 55.4 Å². The number of hydrogen-bond acceptors (Lipinski definition) is 5. The largest absolute Gasteiger partial charge is 0.416 e. The lowest BCUT2D eigenvalue weighted by atomic mass is 9.89. The van der Waals surface area contributed by atoms with E-state index in [4.69, 9.17) is 0 Å². The number of sulfonamides is 1. The fourth-order valence-electron chi connectivity index (χ4n) is 4.70. The molecule has 1 spiro atoms. The normalized spacial score (nSPS) is 17.8. The van der Waals surface area contributed by atoms with Crippen molar-refractivity contribution < 1.29 is 31.2 Å². The van der Waals surface area contributed by atoms with Crippen molar-refractivity contribution in [2.45, 2.75) is 37.9 Å². The molecule has 0 bridgehead atoms. The molecule has 2 aliphatic rings. The van der Waals surface area contributed by atoms with Gasteiger partial charge in [-0.15, -0.1) is 0 Å². The third-order valence-electron chi connectivity index (χ3n) is 7.01. The van der Waals surface area contributed by atoms with E-state index >= 15 is 0 Å². The number of aliphatic imine (C=N–C) groups is 1. The fourth-order valence-corrected chi connectivity index (χ4v) is 6.18. The molecule has 2 aromatic carbocycles. The Morgan fingerprint density at radius 3 is 2.42 bits per heavy atom. The molecule has 8 nitrogen and oxygen atoms in total. The number of carbonyl (C=O) groups is 2. The van der Waals surface area contributed by atoms with Crippen LogP contribution in [0, 0.1) is 6.92 Å². The molecular weight excluding hydrogens is 521 g/mol. The summed E-state index contributed by atoms with van der Waals surface area (Å²) in [5, 5.41) is 2.58. The maximum atomic E-state index is 13.1. The number of piperidine rings is 1. The van der Waals surface area contributed by atoms with Gasteiger partial charge < -0.3 is 10.2 Å². The van der Waals surface area contributed by atoms with Crippen LogP contribution in [0.5, 0.6) is 0 Å². The highest BCUT2D eigenvalue weighted by atomic mass is 32.2. The van der Waals surface area contributed by atoms with Gasteiger partial charge in [0.1, 0.15) is 11.4 Å². The number of halogens is 3. The van der Waals surface area contributed by atoms with Crippen molar-refractivity contribution in [3.8, 4) is 0 Å². The average Bonchev–Trinajstić information content (AvgIpc) is 3.17. The van der Waals surface area contributed by atoms with Gasteiger partial charge in [0, 0.05) is 38.3 Å². The van der Waals surface area contributed by atoms with Crippen LogP contribution in [0.25, 0.3) is 0 Å². The van der Waals surface area contributed by atoms with Crippen LogP contribution in [-0.2, 0) is 27.4 Å². The van der Waals surface area contributed by atoms with Gasteiger partial charge in [0.25, 0.3) is 11.8 Å². The predicted octanol–water partition coefficient (Wildman–Crippen LogP) is 3.00. The zero-order chi connectivity index (χ0) is 27.9. The monoisotopic (exact) mass is 550 g/mol. The average molecular weight is 551 g/mol. The number of nitrogens with one attached hydrogen (secondary N) is 1.